The first-order valence-electron chi connectivity index (χ1n) is 6.40. The summed E-state index contributed by atoms with van der Waals surface area (Å²) in [6, 6.07) is 3.98. The van der Waals surface area contributed by atoms with Gasteiger partial charge in [0.1, 0.15) is 5.02 Å². The van der Waals surface area contributed by atoms with Gasteiger partial charge in [-0.3, -0.25) is 14.9 Å². The van der Waals surface area contributed by atoms with Crippen LogP contribution in [0.3, 0.4) is 0 Å². The quantitative estimate of drug-likeness (QED) is 0.661. The zero-order chi connectivity index (χ0) is 14.7. The molecule has 1 saturated carbocycles. The fourth-order valence-electron chi connectivity index (χ4n) is 2.28. The molecule has 0 radical (unpaired) electrons. The molecule has 2 N–H and O–H groups in total. The Morgan fingerprint density at radius 3 is 2.60 bits per heavy atom. The lowest BCUT2D eigenvalue weighted by atomic mass is 9.93. The van der Waals surface area contributed by atoms with Crippen LogP contribution < -0.4 is 5.32 Å². The van der Waals surface area contributed by atoms with Crippen molar-refractivity contribution in [3.8, 4) is 0 Å². The SMILES string of the molecule is O=C(NC1CCC(O)CC1)c1ccc(Cl)c([N+](=O)[O-])c1. The van der Waals surface area contributed by atoms with E-state index < -0.39 is 4.92 Å². The highest BCUT2D eigenvalue weighted by molar-refractivity contribution is 6.32. The summed E-state index contributed by atoms with van der Waals surface area (Å²) in [5.41, 5.74) is -0.0643. The van der Waals surface area contributed by atoms with Crippen LogP contribution in [0.15, 0.2) is 18.2 Å². The Morgan fingerprint density at radius 1 is 1.35 bits per heavy atom. The van der Waals surface area contributed by atoms with Gasteiger partial charge in [0.05, 0.1) is 11.0 Å². The van der Waals surface area contributed by atoms with E-state index in [0.717, 1.165) is 0 Å². The minimum atomic E-state index is -0.615. The molecule has 1 aromatic rings. The maximum atomic E-state index is 12.0. The summed E-state index contributed by atoms with van der Waals surface area (Å²) < 4.78 is 0. The number of hydrogen-bond donors (Lipinski definition) is 2. The second kappa shape index (κ2) is 6.19. The average molecular weight is 299 g/mol. The number of amides is 1. The number of nitrogens with one attached hydrogen (secondary N) is 1. The Kier molecular flexibility index (Phi) is 4.57. The smallest absolute Gasteiger partial charge is 0.288 e. The van der Waals surface area contributed by atoms with Gasteiger partial charge in [0.15, 0.2) is 0 Å². The summed E-state index contributed by atoms with van der Waals surface area (Å²) in [7, 11) is 0. The first kappa shape index (κ1) is 14.7. The van der Waals surface area contributed by atoms with E-state index in [0.29, 0.717) is 25.7 Å². The van der Waals surface area contributed by atoms with Crippen molar-refractivity contribution in [1.82, 2.24) is 5.32 Å². The summed E-state index contributed by atoms with van der Waals surface area (Å²) in [5, 5.41) is 23.0. The van der Waals surface area contributed by atoms with E-state index in [1.54, 1.807) is 0 Å². The molecule has 2 rings (SSSR count). The Labute approximate surface area is 120 Å². The van der Waals surface area contributed by atoms with E-state index in [4.69, 9.17) is 11.6 Å². The standard InChI is InChI=1S/C13H15ClN2O4/c14-11-6-1-8(7-12(11)16(19)20)13(18)15-9-2-4-10(17)5-3-9/h1,6-7,9-10,17H,2-5H2,(H,15,18). The summed E-state index contributed by atoms with van der Waals surface area (Å²) in [4.78, 5) is 22.2. The zero-order valence-electron chi connectivity index (χ0n) is 10.7. The fraction of sp³-hybridized carbons (Fsp3) is 0.462. The first-order valence-corrected chi connectivity index (χ1v) is 6.78. The molecule has 1 aliphatic rings. The van der Waals surface area contributed by atoms with E-state index in [9.17, 15) is 20.0 Å². The normalized spacial score (nSPS) is 22.3. The lowest BCUT2D eigenvalue weighted by Crippen LogP contribution is -2.38. The van der Waals surface area contributed by atoms with Crippen LogP contribution in [-0.2, 0) is 0 Å². The maximum absolute atomic E-state index is 12.0. The second-order valence-corrected chi connectivity index (χ2v) is 5.31. The Hall–Kier alpha value is -1.66. The monoisotopic (exact) mass is 298 g/mol. The number of rotatable bonds is 3. The number of aliphatic hydroxyl groups excluding tert-OH is 1. The molecule has 0 bridgehead atoms. The molecule has 1 aliphatic carbocycles. The van der Waals surface area contributed by atoms with E-state index >= 15 is 0 Å². The Balaban J connectivity index is 2.06. The third-order valence-corrected chi connectivity index (χ3v) is 3.76. The van der Waals surface area contributed by atoms with Crippen molar-refractivity contribution < 1.29 is 14.8 Å². The number of carbonyl (C=O) groups is 1. The molecule has 0 aliphatic heterocycles. The van der Waals surface area contributed by atoms with Crippen molar-refractivity contribution >= 4 is 23.2 Å². The lowest BCUT2D eigenvalue weighted by Gasteiger charge is -2.26. The summed E-state index contributed by atoms with van der Waals surface area (Å²) in [6.07, 6.45) is 2.45. The van der Waals surface area contributed by atoms with Gasteiger partial charge in [-0.1, -0.05) is 11.6 Å². The van der Waals surface area contributed by atoms with Crippen LogP contribution >= 0.6 is 11.6 Å². The molecule has 0 atom stereocenters. The summed E-state index contributed by atoms with van der Waals surface area (Å²) >= 11 is 5.70. The number of benzene rings is 1. The molecule has 0 saturated heterocycles. The van der Waals surface area contributed by atoms with Crippen LogP contribution in [0.25, 0.3) is 0 Å². The first-order chi connectivity index (χ1) is 9.47. The molecule has 0 spiro atoms. The van der Waals surface area contributed by atoms with Gasteiger partial charge in [-0.2, -0.15) is 0 Å². The summed E-state index contributed by atoms with van der Waals surface area (Å²) in [6.45, 7) is 0. The predicted octanol–water partition coefficient (Wildman–Crippen LogP) is 2.28. The lowest BCUT2D eigenvalue weighted by molar-refractivity contribution is -0.384. The molecule has 0 unspecified atom stereocenters. The van der Waals surface area contributed by atoms with Crippen LogP contribution in [0.5, 0.6) is 0 Å². The van der Waals surface area contributed by atoms with Crippen molar-refractivity contribution in [2.45, 2.75) is 37.8 Å². The highest BCUT2D eigenvalue weighted by Crippen LogP contribution is 2.25. The molecular formula is C13H15ClN2O4. The van der Waals surface area contributed by atoms with E-state index in [2.05, 4.69) is 5.32 Å². The van der Waals surface area contributed by atoms with Crippen molar-refractivity contribution in [2.75, 3.05) is 0 Å². The van der Waals surface area contributed by atoms with Crippen LogP contribution in [-0.4, -0.2) is 28.1 Å². The van der Waals surface area contributed by atoms with Gasteiger partial charge in [-0.05, 0) is 37.8 Å². The van der Waals surface area contributed by atoms with Gasteiger partial charge >= 0.3 is 0 Å². The Bertz CT molecular complexity index is 527. The highest BCUT2D eigenvalue weighted by Gasteiger charge is 2.22. The number of nitro groups is 1. The number of aliphatic hydroxyl groups is 1. The number of carbonyl (C=O) groups excluding carboxylic acids is 1. The van der Waals surface area contributed by atoms with E-state index in [-0.39, 0.29) is 34.3 Å². The highest BCUT2D eigenvalue weighted by atomic mass is 35.5. The van der Waals surface area contributed by atoms with Gasteiger partial charge in [-0.25, -0.2) is 0 Å². The third-order valence-electron chi connectivity index (χ3n) is 3.44. The largest absolute Gasteiger partial charge is 0.393 e. The average Bonchev–Trinajstić information content (AvgIpc) is 2.41. The Morgan fingerprint density at radius 2 is 2.00 bits per heavy atom. The molecule has 1 fully saturated rings. The van der Waals surface area contributed by atoms with Gasteiger partial charge in [0, 0.05) is 17.7 Å². The number of nitrogens with zero attached hydrogens (tertiary/aromatic N) is 1. The molecule has 6 nitrogen and oxygen atoms in total. The van der Waals surface area contributed by atoms with Crippen molar-refractivity contribution in [2.24, 2.45) is 0 Å². The molecule has 0 heterocycles. The molecule has 1 amide bonds. The number of hydrogen-bond acceptors (Lipinski definition) is 4. The van der Waals surface area contributed by atoms with Crippen LogP contribution in [0.4, 0.5) is 5.69 Å². The minimum absolute atomic E-state index is 0.000587. The molecule has 108 valence electrons. The predicted molar refractivity (Wildman–Crippen MR) is 73.8 cm³/mol. The van der Waals surface area contributed by atoms with Crippen LogP contribution in [0, 0.1) is 10.1 Å². The zero-order valence-corrected chi connectivity index (χ0v) is 11.5. The minimum Gasteiger partial charge on any atom is -0.393 e. The molecule has 7 heteroatoms. The fourth-order valence-corrected chi connectivity index (χ4v) is 2.47. The molecule has 1 aromatic carbocycles. The van der Waals surface area contributed by atoms with Gasteiger partial charge in [0.25, 0.3) is 11.6 Å². The second-order valence-electron chi connectivity index (χ2n) is 4.90. The van der Waals surface area contributed by atoms with Crippen molar-refractivity contribution in [1.29, 1.82) is 0 Å². The molecular weight excluding hydrogens is 284 g/mol. The van der Waals surface area contributed by atoms with Gasteiger partial charge < -0.3 is 10.4 Å². The van der Waals surface area contributed by atoms with Gasteiger partial charge in [-0.15, -0.1) is 0 Å². The van der Waals surface area contributed by atoms with Gasteiger partial charge in [0.2, 0.25) is 0 Å². The number of nitro benzene ring substituents is 1. The topological polar surface area (TPSA) is 92.5 Å². The van der Waals surface area contributed by atoms with Crippen LogP contribution in [0.1, 0.15) is 36.0 Å². The van der Waals surface area contributed by atoms with Crippen molar-refractivity contribution in [3.63, 3.8) is 0 Å². The third kappa shape index (κ3) is 3.46. The van der Waals surface area contributed by atoms with E-state index in [1.165, 1.54) is 18.2 Å². The maximum Gasteiger partial charge on any atom is 0.288 e. The number of halogens is 1. The van der Waals surface area contributed by atoms with Crippen LogP contribution in [0.2, 0.25) is 5.02 Å². The summed E-state index contributed by atoms with van der Waals surface area (Å²) in [5.74, 6) is -0.355. The molecule has 0 aromatic heterocycles. The van der Waals surface area contributed by atoms with E-state index in [1.807, 2.05) is 0 Å². The molecule has 20 heavy (non-hydrogen) atoms. The van der Waals surface area contributed by atoms with Crippen molar-refractivity contribution in [3.05, 3.63) is 38.9 Å².